The second-order valence-electron chi connectivity index (χ2n) is 5.70. The summed E-state index contributed by atoms with van der Waals surface area (Å²) in [6.45, 7) is 0. The van der Waals surface area contributed by atoms with Gasteiger partial charge in [0, 0.05) is 6.04 Å². The van der Waals surface area contributed by atoms with Crippen LogP contribution in [0.25, 0.3) is 0 Å². The maximum Gasteiger partial charge on any atom is 0.320 e. The van der Waals surface area contributed by atoms with Crippen LogP contribution in [0.4, 0.5) is 10.5 Å². The molecule has 2 aliphatic rings. The van der Waals surface area contributed by atoms with Crippen LogP contribution in [0, 0.1) is 0 Å². The van der Waals surface area contributed by atoms with E-state index in [-0.39, 0.29) is 24.4 Å². The Labute approximate surface area is 129 Å². The van der Waals surface area contributed by atoms with Gasteiger partial charge in [0.1, 0.15) is 5.84 Å². The highest BCUT2D eigenvalue weighted by atomic mass is 16.2. The largest absolute Gasteiger partial charge is 0.335 e. The number of rotatable bonds is 2. The maximum atomic E-state index is 12.0. The van der Waals surface area contributed by atoms with Crippen molar-refractivity contribution in [3.8, 4) is 0 Å². The molecule has 3 rings (SSSR count). The molecule has 1 aliphatic heterocycles. The average Bonchev–Trinajstić information content (AvgIpc) is 2.89. The van der Waals surface area contributed by atoms with Crippen LogP contribution in [0.15, 0.2) is 35.4 Å². The van der Waals surface area contributed by atoms with Crippen LogP contribution >= 0.6 is 0 Å². The number of nitrogens with zero attached hydrogens (tertiary/aromatic N) is 2. The van der Waals surface area contributed by atoms with E-state index in [4.69, 9.17) is 0 Å². The molecule has 6 heteroatoms. The molecule has 1 aromatic carbocycles. The first-order valence-corrected chi connectivity index (χ1v) is 7.75. The fourth-order valence-electron chi connectivity index (χ4n) is 2.87. The maximum absolute atomic E-state index is 12.0. The van der Waals surface area contributed by atoms with Gasteiger partial charge in [-0.25, -0.2) is 4.79 Å². The van der Waals surface area contributed by atoms with E-state index >= 15 is 0 Å². The summed E-state index contributed by atoms with van der Waals surface area (Å²) >= 11 is 0. The third-order valence-electron chi connectivity index (χ3n) is 3.97. The van der Waals surface area contributed by atoms with Crippen molar-refractivity contribution in [3.05, 3.63) is 30.3 Å². The van der Waals surface area contributed by atoms with Crippen molar-refractivity contribution >= 4 is 23.5 Å². The first-order valence-electron chi connectivity index (χ1n) is 7.75. The van der Waals surface area contributed by atoms with E-state index in [0.29, 0.717) is 11.5 Å². The number of amides is 3. The third kappa shape index (κ3) is 3.44. The molecule has 0 radical (unpaired) electrons. The molecule has 22 heavy (non-hydrogen) atoms. The van der Waals surface area contributed by atoms with Crippen molar-refractivity contribution in [3.63, 3.8) is 0 Å². The molecule has 0 aromatic heterocycles. The number of carbonyl (C=O) groups is 2. The van der Waals surface area contributed by atoms with Gasteiger partial charge < -0.3 is 5.32 Å². The van der Waals surface area contributed by atoms with Crippen LogP contribution in [0.1, 0.15) is 38.5 Å². The molecule has 3 amide bonds. The number of carbonyl (C=O) groups excluding carboxylic acids is 2. The van der Waals surface area contributed by atoms with Crippen molar-refractivity contribution in [2.45, 2.75) is 44.6 Å². The number of amidine groups is 1. The average molecular weight is 300 g/mol. The Morgan fingerprint density at radius 3 is 2.59 bits per heavy atom. The highest BCUT2D eigenvalue weighted by molar-refractivity contribution is 6.15. The summed E-state index contributed by atoms with van der Waals surface area (Å²) < 4.78 is 0. The molecule has 1 heterocycles. The lowest BCUT2D eigenvalue weighted by Gasteiger charge is -2.22. The predicted molar refractivity (Wildman–Crippen MR) is 84.5 cm³/mol. The Morgan fingerprint density at radius 2 is 1.86 bits per heavy atom. The highest BCUT2D eigenvalue weighted by Gasteiger charge is 2.26. The number of benzene rings is 1. The molecule has 1 aromatic rings. The topological polar surface area (TPSA) is 73.8 Å². The van der Waals surface area contributed by atoms with Gasteiger partial charge in [-0.15, -0.1) is 0 Å². The van der Waals surface area contributed by atoms with E-state index in [1.807, 2.05) is 30.3 Å². The first-order chi connectivity index (χ1) is 10.7. The molecule has 1 aliphatic carbocycles. The summed E-state index contributed by atoms with van der Waals surface area (Å²) in [5.41, 5.74) is 0.706. The Bertz CT molecular complexity index is 579. The minimum absolute atomic E-state index is 0.118. The number of hydrogen-bond acceptors (Lipinski definition) is 3. The van der Waals surface area contributed by atoms with Crippen molar-refractivity contribution < 1.29 is 9.59 Å². The third-order valence-corrected chi connectivity index (χ3v) is 3.97. The first kappa shape index (κ1) is 14.6. The van der Waals surface area contributed by atoms with Crippen LogP contribution in [-0.2, 0) is 4.79 Å². The van der Waals surface area contributed by atoms with Crippen LogP contribution in [0.2, 0.25) is 0 Å². The SMILES string of the molecule is O=C(NC1=NN(c2ccccc2)C(=O)C1)NC1CCCCC1. The van der Waals surface area contributed by atoms with E-state index in [0.717, 1.165) is 25.7 Å². The summed E-state index contributed by atoms with van der Waals surface area (Å²) in [5, 5.41) is 11.2. The van der Waals surface area contributed by atoms with E-state index in [1.54, 1.807) is 0 Å². The van der Waals surface area contributed by atoms with Gasteiger partial charge in [0.05, 0.1) is 12.1 Å². The van der Waals surface area contributed by atoms with Crippen molar-refractivity contribution in [2.75, 3.05) is 5.01 Å². The van der Waals surface area contributed by atoms with Gasteiger partial charge in [0.15, 0.2) is 0 Å². The Hall–Kier alpha value is -2.37. The molecule has 0 saturated heterocycles. The summed E-state index contributed by atoms with van der Waals surface area (Å²) in [6.07, 6.45) is 5.72. The predicted octanol–water partition coefficient (Wildman–Crippen LogP) is 2.37. The van der Waals surface area contributed by atoms with Crippen molar-refractivity contribution in [1.29, 1.82) is 0 Å². The second kappa shape index (κ2) is 6.60. The monoisotopic (exact) mass is 300 g/mol. The van der Waals surface area contributed by atoms with E-state index < -0.39 is 0 Å². The van der Waals surface area contributed by atoms with E-state index in [2.05, 4.69) is 15.7 Å². The lowest BCUT2D eigenvalue weighted by atomic mass is 9.96. The molecule has 0 bridgehead atoms. The number of anilines is 1. The van der Waals surface area contributed by atoms with E-state index in [9.17, 15) is 9.59 Å². The number of hydrazone groups is 1. The van der Waals surface area contributed by atoms with Gasteiger partial charge in [0.25, 0.3) is 5.91 Å². The zero-order valence-electron chi connectivity index (χ0n) is 12.4. The molecular formula is C16H20N4O2. The Morgan fingerprint density at radius 1 is 1.14 bits per heavy atom. The number of nitrogens with one attached hydrogen (secondary N) is 2. The van der Waals surface area contributed by atoms with Gasteiger partial charge in [-0.05, 0) is 25.0 Å². The fraction of sp³-hybridized carbons (Fsp3) is 0.438. The summed E-state index contributed by atoms with van der Waals surface area (Å²) in [4.78, 5) is 24.0. The number of para-hydroxylation sites is 1. The van der Waals surface area contributed by atoms with Crippen molar-refractivity contribution in [1.82, 2.24) is 10.6 Å². The number of urea groups is 1. The van der Waals surface area contributed by atoms with Gasteiger partial charge in [-0.3, -0.25) is 10.1 Å². The van der Waals surface area contributed by atoms with Gasteiger partial charge in [0.2, 0.25) is 0 Å². The second-order valence-corrected chi connectivity index (χ2v) is 5.70. The van der Waals surface area contributed by atoms with Gasteiger partial charge in [-0.2, -0.15) is 10.1 Å². The zero-order chi connectivity index (χ0) is 15.4. The molecule has 1 saturated carbocycles. The molecule has 1 fully saturated rings. The van der Waals surface area contributed by atoms with Gasteiger partial charge >= 0.3 is 6.03 Å². The number of hydrogen-bond donors (Lipinski definition) is 2. The summed E-state index contributed by atoms with van der Waals surface area (Å²) in [5.74, 6) is 0.251. The van der Waals surface area contributed by atoms with Crippen LogP contribution < -0.4 is 15.6 Å². The fourth-order valence-corrected chi connectivity index (χ4v) is 2.87. The minimum Gasteiger partial charge on any atom is -0.335 e. The molecule has 116 valence electrons. The molecule has 0 spiro atoms. The molecular weight excluding hydrogens is 280 g/mol. The van der Waals surface area contributed by atoms with E-state index in [1.165, 1.54) is 11.4 Å². The Kier molecular flexibility index (Phi) is 4.37. The smallest absolute Gasteiger partial charge is 0.320 e. The summed E-state index contributed by atoms with van der Waals surface area (Å²) in [6, 6.07) is 9.16. The minimum atomic E-state index is -0.270. The van der Waals surface area contributed by atoms with Crippen LogP contribution in [-0.4, -0.2) is 23.8 Å². The van der Waals surface area contributed by atoms with Crippen LogP contribution in [0.5, 0.6) is 0 Å². The zero-order valence-corrected chi connectivity index (χ0v) is 12.4. The standard InChI is InChI=1S/C16H20N4O2/c21-15-11-14(19-20(15)13-9-5-2-6-10-13)18-16(22)17-12-7-3-1-4-8-12/h2,5-6,9-10,12H,1,3-4,7-8,11H2,(H2,17,18,19,22). The Balaban J connectivity index is 1.58. The highest BCUT2D eigenvalue weighted by Crippen LogP contribution is 2.19. The molecule has 0 atom stereocenters. The van der Waals surface area contributed by atoms with Gasteiger partial charge in [-0.1, -0.05) is 37.5 Å². The lowest BCUT2D eigenvalue weighted by Crippen LogP contribution is -2.44. The van der Waals surface area contributed by atoms with Crippen molar-refractivity contribution in [2.24, 2.45) is 5.10 Å². The van der Waals surface area contributed by atoms with Crippen LogP contribution in [0.3, 0.4) is 0 Å². The normalized spacial score (nSPS) is 19.0. The quantitative estimate of drug-likeness (QED) is 0.880. The summed E-state index contributed by atoms with van der Waals surface area (Å²) in [7, 11) is 0. The lowest BCUT2D eigenvalue weighted by molar-refractivity contribution is -0.116. The molecule has 0 unspecified atom stereocenters. The molecule has 2 N–H and O–H groups in total. The molecule has 6 nitrogen and oxygen atoms in total.